The fourth-order valence-electron chi connectivity index (χ4n) is 3.99. The Balaban J connectivity index is 1.63. The van der Waals surface area contributed by atoms with E-state index in [1.807, 2.05) is 0 Å². The van der Waals surface area contributed by atoms with E-state index >= 15 is 0 Å². The van der Waals surface area contributed by atoms with Gasteiger partial charge in [0, 0.05) is 17.1 Å². The second-order valence-corrected chi connectivity index (χ2v) is 7.18. The summed E-state index contributed by atoms with van der Waals surface area (Å²) in [5, 5.41) is 0. The lowest BCUT2D eigenvalue weighted by Crippen LogP contribution is -2.11. The maximum atomic E-state index is 2.35. The molecule has 0 saturated heterocycles. The molecule has 0 bridgehead atoms. The van der Waals surface area contributed by atoms with Crippen LogP contribution < -0.4 is 10.4 Å². The molecule has 1 aliphatic rings. The van der Waals surface area contributed by atoms with Crippen molar-refractivity contribution in [1.82, 2.24) is 0 Å². The molecule has 4 aromatic rings. The van der Waals surface area contributed by atoms with Gasteiger partial charge in [0.2, 0.25) is 0 Å². The van der Waals surface area contributed by atoms with Crippen molar-refractivity contribution < 1.29 is 0 Å². The van der Waals surface area contributed by atoms with Crippen molar-refractivity contribution in [2.45, 2.75) is 6.42 Å². The van der Waals surface area contributed by atoms with Gasteiger partial charge in [-0.05, 0) is 65.1 Å². The molecular formula is C25H20BN. The number of anilines is 3. The van der Waals surface area contributed by atoms with Gasteiger partial charge in [-0.3, -0.25) is 0 Å². The van der Waals surface area contributed by atoms with E-state index in [2.05, 4.69) is 110 Å². The Kier molecular flexibility index (Phi) is 3.83. The SMILES string of the molecule is Bc1ccc(N(c2ccccc2)c2ccc3c(c2)Cc2ccccc2-3)cc1. The summed E-state index contributed by atoms with van der Waals surface area (Å²) in [7, 11) is 2.13. The van der Waals surface area contributed by atoms with Crippen LogP contribution >= 0.6 is 0 Å². The molecule has 0 radical (unpaired) electrons. The minimum atomic E-state index is 1.01. The molecule has 0 fully saturated rings. The first-order valence-electron chi connectivity index (χ1n) is 9.43. The van der Waals surface area contributed by atoms with Gasteiger partial charge in [0.25, 0.3) is 0 Å². The third kappa shape index (κ3) is 2.84. The predicted octanol–water partition coefficient (Wildman–Crippen LogP) is 4.99. The largest absolute Gasteiger partial charge is 0.310 e. The zero-order valence-electron chi connectivity index (χ0n) is 15.4. The predicted molar refractivity (Wildman–Crippen MR) is 118 cm³/mol. The van der Waals surface area contributed by atoms with Crippen molar-refractivity contribution >= 4 is 30.4 Å². The average molecular weight is 345 g/mol. The lowest BCUT2D eigenvalue weighted by molar-refractivity contribution is 1.23. The average Bonchev–Trinajstić information content (AvgIpc) is 3.08. The summed E-state index contributed by atoms with van der Waals surface area (Å²) in [5.74, 6) is 0. The van der Waals surface area contributed by atoms with Crippen molar-refractivity contribution in [2.24, 2.45) is 0 Å². The molecule has 2 heteroatoms. The first-order valence-corrected chi connectivity index (χ1v) is 9.43. The van der Waals surface area contributed by atoms with Gasteiger partial charge < -0.3 is 4.90 Å². The van der Waals surface area contributed by atoms with Gasteiger partial charge in [-0.1, -0.05) is 66.1 Å². The van der Waals surface area contributed by atoms with Crippen LogP contribution in [0.1, 0.15) is 11.1 Å². The van der Waals surface area contributed by atoms with Crippen molar-refractivity contribution in [3.63, 3.8) is 0 Å². The normalized spacial score (nSPS) is 11.7. The van der Waals surface area contributed by atoms with Crippen molar-refractivity contribution in [3.8, 4) is 11.1 Å². The van der Waals surface area contributed by atoms with Crippen LogP contribution in [0.2, 0.25) is 0 Å². The Morgan fingerprint density at radius 3 is 2.00 bits per heavy atom. The molecule has 0 amide bonds. The number of benzene rings is 4. The third-order valence-corrected chi connectivity index (χ3v) is 5.34. The molecule has 5 rings (SSSR count). The Labute approximate surface area is 161 Å². The standard InChI is InChI=1S/C25H20BN/c26-20-10-12-22(13-11-20)27(21-7-2-1-3-8-21)23-14-15-25-19(17-23)16-18-6-4-5-9-24(18)25/h1-15,17H,16,26H2. The molecule has 0 saturated carbocycles. The molecule has 0 heterocycles. The molecule has 0 spiro atoms. The molecule has 0 unspecified atom stereocenters. The van der Waals surface area contributed by atoms with Crippen LogP contribution in [0.4, 0.5) is 17.1 Å². The van der Waals surface area contributed by atoms with E-state index in [1.54, 1.807) is 0 Å². The third-order valence-electron chi connectivity index (χ3n) is 5.34. The minimum Gasteiger partial charge on any atom is -0.310 e. The summed E-state index contributed by atoms with van der Waals surface area (Å²) >= 11 is 0. The van der Waals surface area contributed by atoms with Crippen LogP contribution in [0.5, 0.6) is 0 Å². The lowest BCUT2D eigenvalue weighted by Gasteiger charge is -2.26. The highest BCUT2D eigenvalue weighted by atomic mass is 15.1. The minimum absolute atomic E-state index is 1.01. The second-order valence-electron chi connectivity index (χ2n) is 7.18. The van der Waals surface area contributed by atoms with Crippen LogP contribution in [0.25, 0.3) is 11.1 Å². The molecule has 128 valence electrons. The molecule has 1 aliphatic carbocycles. The summed E-state index contributed by atoms with van der Waals surface area (Å²) in [6.45, 7) is 0. The number of hydrogen-bond donors (Lipinski definition) is 0. The summed E-state index contributed by atoms with van der Waals surface area (Å²) < 4.78 is 0. The smallest absolute Gasteiger partial charge is 0.139 e. The molecule has 0 aliphatic heterocycles. The highest BCUT2D eigenvalue weighted by Crippen LogP contribution is 2.41. The highest BCUT2D eigenvalue weighted by Gasteiger charge is 2.20. The molecule has 1 nitrogen and oxygen atoms in total. The molecule has 27 heavy (non-hydrogen) atoms. The van der Waals surface area contributed by atoms with E-state index in [4.69, 9.17) is 0 Å². The van der Waals surface area contributed by atoms with Gasteiger partial charge in [-0.2, -0.15) is 0 Å². The van der Waals surface area contributed by atoms with Gasteiger partial charge in [0.1, 0.15) is 7.85 Å². The zero-order valence-corrected chi connectivity index (χ0v) is 15.4. The van der Waals surface area contributed by atoms with Gasteiger partial charge in [0.15, 0.2) is 0 Å². The fourth-order valence-corrected chi connectivity index (χ4v) is 3.99. The topological polar surface area (TPSA) is 3.24 Å². The van der Waals surface area contributed by atoms with Crippen LogP contribution in [0, 0.1) is 0 Å². The van der Waals surface area contributed by atoms with Gasteiger partial charge >= 0.3 is 0 Å². The summed E-state index contributed by atoms with van der Waals surface area (Å²) in [6.07, 6.45) is 1.01. The quantitative estimate of drug-likeness (QED) is 0.417. The first kappa shape index (κ1) is 16.0. The van der Waals surface area contributed by atoms with Crippen LogP contribution in [0.15, 0.2) is 97.1 Å². The van der Waals surface area contributed by atoms with Crippen LogP contribution in [-0.4, -0.2) is 7.85 Å². The first-order chi connectivity index (χ1) is 13.3. The van der Waals surface area contributed by atoms with Crippen LogP contribution in [0.3, 0.4) is 0 Å². The van der Waals surface area contributed by atoms with Gasteiger partial charge in [0.05, 0.1) is 0 Å². The van der Waals surface area contributed by atoms with Gasteiger partial charge in [-0.15, -0.1) is 0 Å². The second kappa shape index (κ2) is 6.48. The summed E-state index contributed by atoms with van der Waals surface area (Å²) in [5.41, 5.74) is 10.4. The van der Waals surface area contributed by atoms with E-state index in [0.717, 1.165) is 6.42 Å². The Bertz CT molecular complexity index is 1100. The zero-order chi connectivity index (χ0) is 18.2. The maximum Gasteiger partial charge on any atom is 0.139 e. The van der Waals surface area contributed by atoms with E-state index in [0.29, 0.717) is 0 Å². The fraction of sp³-hybridized carbons (Fsp3) is 0.0400. The molecule has 4 aromatic carbocycles. The molecular weight excluding hydrogens is 325 g/mol. The number of para-hydroxylation sites is 1. The molecule has 0 atom stereocenters. The van der Waals surface area contributed by atoms with Crippen molar-refractivity contribution in [3.05, 3.63) is 108 Å². The monoisotopic (exact) mass is 345 g/mol. The Hall–Kier alpha value is -3.26. The lowest BCUT2D eigenvalue weighted by atomic mass is 9.96. The van der Waals surface area contributed by atoms with Crippen molar-refractivity contribution in [1.29, 1.82) is 0 Å². The molecule has 0 N–H and O–H groups in total. The number of hydrogen-bond acceptors (Lipinski definition) is 1. The number of rotatable bonds is 3. The maximum absolute atomic E-state index is 2.35. The van der Waals surface area contributed by atoms with Crippen LogP contribution in [-0.2, 0) is 6.42 Å². The van der Waals surface area contributed by atoms with E-state index in [1.165, 1.54) is 44.8 Å². The van der Waals surface area contributed by atoms with E-state index < -0.39 is 0 Å². The number of nitrogens with zero attached hydrogens (tertiary/aromatic N) is 1. The van der Waals surface area contributed by atoms with Gasteiger partial charge in [-0.25, -0.2) is 0 Å². The van der Waals surface area contributed by atoms with E-state index in [9.17, 15) is 0 Å². The summed E-state index contributed by atoms with van der Waals surface area (Å²) in [4.78, 5) is 2.34. The summed E-state index contributed by atoms with van der Waals surface area (Å²) in [6, 6.07) is 35.0. The van der Waals surface area contributed by atoms with Crippen molar-refractivity contribution in [2.75, 3.05) is 4.90 Å². The number of fused-ring (bicyclic) bond motifs is 3. The van der Waals surface area contributed by atoms with E-state index in [-0.39, 0.29) is 0 Å². The highest BCUT2D eigenvalue weighted by molar-refractivity contribution is 6.32. The molecule has 0 aromatic heterocycles. The Morgan fingerprint density at radius 1 is 0.556 bits per heavy atom. The Morgan fingerprint density at radius 2 is 1.19 bits per heavy atom.